The number of para-hydroxylation sites is 4. The summed E-state index contributed by atoms with van der Waals surface area (Å²) >= 11 is 0. The van der Waals surface area contributed by atoms with E-state index in [0.717, 1.165) is 10.3 Å². The highest BCUT2D eigenvalue weighted by atomic mass is 31.2. The van der Waals surface area contributed by atoms with Crippen LogP contribution in [0.5, 0.6) is 57.5 Å². The van der Waals surface area contributed by atoms with Crippen molar-refractivity contribution in [3.05, 3.63) is 247 Å². The lowest BCUT2D eigenvalue weighted by molar-refractivity contribution is -0.385. The van der Waals surface area contributed by atoms with Gasteiger partial charge in [-0.2, -0.15) is 0 Å². The van der Waals surface area contributed by atoms with Crippen molar-refractivity contribution in [2.45, 2.75) is 0 Å². The predicted octanol–water partition coefficient (Wildman–Crippen LogP) is 14.5. The monoisotopic (exact) mass is 1100 g/mol. The minimum absolute atomic E-state index is 0.0134. The maximum atomic E-state index is 12.8. The zero-order chi connectivity index (χ0) is 53.0. The lowest BCUT2D eigenvalue weighted by Crippen LogP contribution is -2.17. The van der Waals surface area contributed by atoms with Crippen molar-refractivity contribution in [1.29, 1.82) is 0 Å². The second-order valence-corrected chi connectivity index (χ2v) is 21.0. The molecule has 1 heterocycles. The molecule has 0 amide bonds. The van der Waals surface area contributed by atoms with Crippen LogP contribution < -0.4 is 37.6 Å². The van der Waals surface area contributed by atoms with Crippen LogP contribution in [0.15, 0.2) is 206 Å². The summed E-state index contributed by atoms with van der Waals surface area (Å²) in [6.45, 7) is 0. The molecular weight excluding hydrogens is 1070 g/mol. The predicted molar refractivity (Wildman–Crippen MR) is 279 cm³/mol. The Kier molecular flexibility index (Phi) is 16.0. The first-order chi connectivity index (χ1) is 36.9. The Labute approximate surface area is 432 Å². The van der Waals surface area contributed by atoms with Gasteiger partial charge in [0.2, 0.25) is 5.75 Å². The van der Waals surface area contributed by atoms with Crippen LogP contribution >= 0.6 is 32.7 Å². The Morgan fingerprint density at radius 3 is 1.25 bits per heavy atom. The van der Waals surface area contributed by atoms with Crippen LogP contribution in [0.4, 0.5) is 22.7 Å². The first-order valence-electron chi connectivity index (χ1n) is 21.9. The summed E-state index contributed by atoms with van der Waals surface area (Å²) in [6.07, 6.45) is 0. The smallest absolute Gasteiger partial charge is 0.321 e. The number of non-ortho nitro benzene ring substituents is 3. The molecule has 1 aromatic heterocycles. The van der Waals surface area contributed by atoms with Crippen molar-refractivity contribution in [2.24, 2.45) is 0 Å². The minimum atomic E-state index is -2.93. The number of nitrogens with zero attached hydrogens (tertiary/aromatic N) is 8. The average molecular weight is 1100 g/mol. The molecule has 9 aromatic rings. The van der Waals surface area contributed by atoms with Gasteiger partial charge in [-0.1, -0.05) is 77.1 Å². The maximum absolute atomic E-state index is 12.8. The van der Waals surface area contributed by atoms with Gasteiger partial charge in [-0.3, -0.25) is 40.5 Å². The van der Waals surface area contributed by atoms with Crippen LogP contribution in [-0.4, -0.2) is 37.0 Å². The summed E-state index contributed by atoms with van der Waals surface area (Å²) < 4.78 is 41.8. The molecular formula is C48H34N8O16P4. The Balaban J connectivity index is 1.40. The van der Waals surface area contributed by atoms with E-state index in [1.807, 2.05) is 0 Å². The third kappa shape index (κ3) is 12.7. The summed E-state index contributed by atoms with van der Waals surface area (Å²) in [5, 5.41) is 48.4. The number of ether oxygens (including phenoxy) is 2. The molecule has 0 saturated carbocycles. The number of rotatable bonds is 20. The molecule has 382 valence electrons. The van der Waals surface area contributed by atoms with E-state index < -0.39 is 49.6 Å². The van der Waals surface area contributed by atoms with Gasteiger partial charge < -0.3 is 37.6 Å². The molecule has 0 aliphatic carbocycles. The zero-order valence-electron chi connectivity index (χ0n) is 38.5. The molecule has 28 heteroatoms. The van der Waals surface area contributed by atoms with Crippen LogP contribution in [0, 0.1) is 40.5 Å². The van der Waals surface area contributed by atoms with Gasteiger partial charge in [-0.25, -0.2) is 0 Å². The first-order valence-corrected chi connectivity index (χ1v) is 26.2. The normalized spacial score (nSPS) is 11.3. The first kappa shape index (κ1) is 51.1. The molecule has 0 aliphatic heterocycles. The maximum Gasteiger partial charge on any atom is 0.321 e. The topological polar surface area (TPSA) is 274 Å². The van der Waals surface area contributed by atoms with Crippen LogP contribution in [0.1, 0.15) is 0 Å². The number of benzene rings is 8. The molecule has 9 rings (SSSR count). The van der Waals surface area contributed by atoms with Crippen molar-refractivity contribution in [3.63, 3.8) is 0 Å². The largest absolute Gasteiger partial charge is 0.449 e. The van der Waals surface area contributed by atoms with E-state index in [1.165, 1.54) is 87.4 Å². The molecule has 0 radical (unpaired) electrons. The van der Waals surface area contributed by atoms with E-state index >= 15 is 0 Å². The number of nitro benzene ring substituents is 4. The summed E-state index contributed by atoms with van der Waals surface area (Å²) in [4.78, 5) is 65.9. The Morgan fingerprint density at radius 1 is 0.382 bits per heavy atom. The van der Waals surface area contributed by atoms with E-state index in [-0.39, 0.29) is 83.1 Å². The number of hydrogen-bond donors (Lipinski definition) is 0. The molecule has 76 heavy (non-hydrogen) atoms. The fourth-order valence-electron chi connectivity index (χ4n) is 6.35. The number of hydrogen-bond acceptors (Lipinski definition) is 17. The third-order valence-electron chi connectivity index (χ3n) is 9.85. The summed E-state index contributed by atoms with van der Waals surface area (Å²) in [7, 11) is -8.47. The lowest BCUT2D eigenvalue weighted by atomic mass is 10.2. The van der Waals surface area contributed by atoms with Gasteiger partial charge in [0.25, 0.3) is 22.8 Å². The molecule has 8 aromatic carbocycles. The standard InChI is InChI=1S/C48H34N8O16P4/c57-50(58)35-21-27-41(28-22-35)68-55-74(72-46-34-33-45(53(63)64)47(65-38-13-5-1-6-14-38)48(46)66-39-15-7-2-8-16-39)49-73-54(67-40-17-9-3-10-18-40)75(70-43-19-11-4-12-20-43)56(69-42-29-23-36(24-30-42)51(59)60)76(55)71-44-31-25-37(26-32-44)52(61)62/h1-34H. The molecule has 3 atom stereocenters. The van der Waals surface area contributed by atoms with E-state index in [0.29, 0.717) is 0 Å². The molecule has 24 nitrogen and oxygen atoms in total. The van der Waals surface area contributed by atoms with Gasteiger partial charge in [0.05, 0.1) is 19.7 Å². The van der Waals surface area contributed by atoms with Gasteiger partial charge in [-0.05, 0) is 99.5 Å². The summed E-state index contributed by atoms with van der Waals surface area (Å²) in [5.74, 6) is 0.0190. The molecule has 0 bridgehead atoms. The van der Waals surface area contributed by atoms with Crippen molar-refractivity contribution in [1.82, 2.24) is 17.3 Å². The van der Waals surface area contributed by atoms with E-state index in [4.69, 9.17) is 42.1 Å². The van der Waals surface area contributed by atoms with Crippen molar-refractivity contribution >= 4 is 55.5 Å². The van der Waals surface area contributed by atoms with Gasteiger partial charge in [0.15, 0.2) is 31.5 Å². The highest BCUT2D eigenvalue weighted by molar-refractivity contribution is 7.57. The fourth-order valence-corrected chi connectivity index (χ4v) is 13.6. The van der Waals surface area contributed by atoms with Crippen molar-refractivity contribution in [2.75, 3.05) is 0 Å². The number of aromatic nitrogens is 4. The van der Waals surface area contributed by atoms with Gasteiger partial charge in [0.1, 0.15) is 23.0 Å². The zero-order valence-corrected chi connectivity index (χ0v) is 42.1. The van der Waals surface area contributed by atoms with Crippen LogP contribution in [0.25, 0.3) is 0 Å². The van der Waals surface area contributed by atoms with Crippen molar-refractivity contribution in [3.8, 4) is 57.5 Å². The highest BCUT2D eigenvalue weighted by Gasteiger charge is 2.30. The van der Waals surface area contributed by atoms with E-state index in [1.54, 1.807) is 121 Å². The van der Waals surface area contributed by atoms with E-state index in [2.05, 4.69) is 0 Å². The summed E-state index contributed by atoms with van der Waals surface area (Å²) in [6, 6.07) is 50.9. The fraction of sp³-hybridized carbons (Fsp3) is 0. The Hall–Kier alpha value is -9.84. The van der Waals surface area contributed by atoms with Gasteiger partial charge >= 0.3 is 29.9 Å². The van der Waals surface area contributed by atoms with Crippen LogP contribution in [-0.2, 0) is 0 Å². The summed E-state index contributed by atoms with van der Waals surface area (Å²) in [5.41, 5.74) is -1.36. The molecule has 3 unspecified atom stereocenters. The van der Waals surface area contributed by atoms with Crippen LogP contribution in [0.2, 0.25) is 0 Å². The Bertz CT molecular complexity index is 3610. The molecule has 0 fully saturated rings. The highest BCUT2D eigenvalue weighted by Crippen LogP contribution is 2.52. The second kappa shape index (κ2) is 23.8. The molecule has 0 aliphatic rings. The number of nitro groups is 4. The average Bonchev–Trinajstić information content (AvgIpc) is 3.44. The SMILES string of the molecule is O=[N+]([O-])c1ccc(On2p(Oc3ccc([N+](=O)[O-])c(Oc4ccccc4)c3Oc3ccccc3)npn(Oc3ccccc3)p(Oc3ccccc3)n(Oc3ccc([N+](=O)[O-])cc3)p2Oc2ccc([N+](=O)[O-])cc2)cc1. The molecule has 0 N–H and O–H groups in total. The van der Waals surface area contributed by atoms with Gasteiger partial charge in [-0.15, -0.1) is 4.51 Å². The van der Waals surface area contributed by atoms with E-state index in [9.17, 15) is 40.5 Å². The van der Waals surface area contributed by atoms with Crippen molar-refractivity contribution < 1.29 is 57.3 Å². The second-order valence-electron chi connectivity index (χ2n) is 15.0. The quantitative estimate of drug-likeness (QED) is 0.0506. The van der Waals surface area contributed by atoms with Gasteiger partial charge in [0, 0.05) is 42.5 Å². The molecule has 0 saturated heterocycles. The lowest BCUT2D eigenvalue weighted by Gasteiger charge is -2.23. The van der Waals surface area contributed by atoms with Crippen LogP contribution in [0.3, 0.4) is 0 Å². The molecule has 0 spiro atoms. The Morgan fingerprint density at radius 2 is 0.776 bits per heavy atom. The third-order valence-corrected chi connectivity index (χ3v) is 16.5. The minimum Gasteiger partial charge on any atom is -0.449 e.